The van der Waals surface area contributed by atoms with E-state index in [0.29, 0.717) is 37.7 Å². The summed E-state index contributed by atoms with van der Waals surface area (Å²) in [7, 11) is 0. The molecule has 1 fully saturated rings. The number of aromatic nitrogens is 3. The number of hydrogen-bond donors (Lipinski definition) is 1. The number of amides is 2. The molecule has 0 bridgehead atoms. The van der Waals surface area contributed by atoms with E-state index in [2.05, 4.69) is 25.2 Å². The first-order valence-electron chi connectivity index (χ1n) is 12.1. The Kier molecular flexibility index (Phi) is 6.47. The minimum Gasteiger partial charge on any atom is -0.464 e. The van der Waals surface area contributed by atoms with Gasteiger partial charge in [0.2, 0.25) is 0 Å². The Hall–Kier alpha value is -4.47. The Morgan fingerprint density at radius 3 is 2.62 bits per heavy atom. The minimum atomic E-state index is -0.538. The van der Waals surface area contributed by atoms with Gasteiger partial charge in [-0.05, 0) is 57.2 Å². The molecule has 0 spiro atoms. The van der Waals surface area contributed by atoms with Gasteiger partial charge in [-0.3, -0.25) is 9.78 Å². The molecule has 0 saturated carbocycles. The van der Waals surface area contributed by atoms with E-state index in [1.807, 2.05) is 51.1 Å². The Morgan fingerprint density at radius 1 is 1.03 bits per heavy atom. The summed E-state index contributed by atoms with van der Waals surface area (Å²) < 4.78 is 10.9. The fourth-order valence-corrected chi connectivity index (χ4v) is 4.13. The third-order valence-corrected chi connectivity index (χ3v) is 5.92. The molecule has 190 valence electrons. The van der Waals surface area contributed by atoms with Crippen LogP contribution in [0.15, 0.2) is 65.7 Å². The van der Waals surface area contributed by atoms with Crippen molar-refractivity contribution in [2.24, 2.45) is 0 Å². The lowest BCUT2D eigenvalue weighted by Gasteiger charge is -2.37. The molecule has 5 rings (SSSR count). The van der Waals surface area contributed by atoms with Crippen LogP contribution in [0.25, 0.3) is 22.4 Å². The minimum absolute atomic E-state index is 0.238. The van der Waals surface area contributed by atoms with Crippen LogP contribution in [0.4, 0.5) is 16.2 Å². The van der Waals surface area contributed by atoms with E-state index in [-0.39, 0.29) is 17.7 Å². The predicted molar refractivity (Wildman–Crippen MR) is 139 cm³/mol. The summed E-state index contributed by atoms with van der Waals surface area (Å²) in [6, 6.07) is 10.9. The second-order valence-corrected chi connectivity index (χ2v) is 9.74. The number of furan rings is 1. The third kappa shape index (κ3) is 5.53. The fourth-order valence-electron chi connectivity index (χ4n) is 4.13. The zero-order chi connectivity index (χ0) is 26.0. The number of nitrogens with one attached hydrogen (secondary N) is 1. The summed E-state index contributed by atoms with van der Waals surface area (Å²) >= 11 is 0. The quantitative estimate of drug-likeness (QED) is 0.433. The van der Waals surface area contributed by atoms with Crippen molar-refractivity contribution in [2.45, 2.75) is 26.4 Å². The molecule has 0 unspecified atom stereocenters. The summed E-state index contributed by atoms with van der Waals surface area (Å²) in [6.07, 6.45) is 6.17. The highest BCUT2D eigenvalue weighted by atomic mass is 16.6. The molecule has 1 aromatic carbocycles. The molecular weight excluding hydrogens is 472 g/mol. The van der Waals surface area contributed by atoms with Gasteiger partial charge in [0, 0.05) is 49.5 Å². The molecule has 10 heteroatoms. The van der Waals surface area contributed by atoms with Gasteiger partial charge in [-0.2, -0.15) is 0 Å². The maximum Gasteiger partial charge on any atom is 0.410 e. The normalized spacial score (nSPS) is 14.0. The molecule has 0 radical (unpaired) electrons. The molecule has 2 amide bonds. The number of rotatable bonds is 4. The number of carbonyl (C=O) groups excluding carboxylic acids is 2. The van der Waals surface area contributed by atoms with Gasteiger partial charge in [-0.1, -0.05) is 0 Å². The van der Waals surface area contributed by atoms with Crippen LogP contribution in [0.1, 0.15) is 31.3 Å². The Morgan fingerprint density at radius 2 is 1.84 bits per heavy atom. The first kappa shape index (κ1) is 24.2. The molecular formula is C27H28N6O4. The van der Waals surface area contributed by atoms with E-state index in [0.717, 1.165) is 22.2 Å². The van der Waals surface area contributed by atoms with Crippen molar-refractivity contribution in [1.82, 2.24) is 19.9 Å². The van der Waals surface area contributed by atoms with E-state index >= 15 is 0 Å². The number of benzene rings is 1. The van der Waals surface area contributed by atoms with Gasteiger partial charge in [-0.25, -0.2) is 14.8 Å². The van der Waals surface area contributed by atoms with E-state index in [1.54, 1.807) is 35.8 Å². The summed E-state index contributed by atoms with van der Waals surface area (Å²) in [4.78, 5) is 42.4. The second kappa shape index (κ2) is 9.88. The van der Waals surface area contributed by atoms with Crippen molar-refractivity contribution in [3.05, 3.63) is 66.9 Å². The average molecular weight is 501 g/mol. The molecule has 1 aliphatic rings. The number of carbonyl (C=O) groups is 2. The zero-order valence-electron chi connectivity index (χ0n) is 21.0. The molecule has 0 atom stereocenters. The lowest BCUT2D eigenvalue weighted by Crippen LogP contribution is -2.50. The number of hydrogen-bond acceptors (Lipinski definition) is 8. The van der Waals surface area contributed by atoms with Gasteiger partial charge in [0.15, 0.2) is 5.82 Å². The average Bonchev–Trinajstić information content (AvgIpc) is 3.36. The van der Waals surface area contributed by atoms with Crippen LogP contribution in [0.2, 0.25) is 0 Å². The Balaban J connectivity index is 1.29. The summed E-state index contributed by atoms with van der Waals surface area (Å²) in [5.41, 5.74) is 2.65. The molecule has 4 heterocycles. The van der Waals surface area contributed by atoms with Crippen LogP contribution in [0.3, 0.4) is 0 Å². The van der Waals surface area contributed by atoms with Crippen LogP contribution in [-0.4, -0.2) is 63.6 Å². The number of ether oxygens (including phenoxy) is 1. The fraction of sp³-hybridized carbons (Fsp3) is 0.296. The van der Waals surface area contributed by atoms with Crippen molar-refractivity contribution >= 4 is 34.3 Å². The Labute approximate surface area is 214 Å². The van der Waals surface area contributed by atoms with Crippen LogP contribution < -0.4 is 10.2 Å². The number of anilines is 2. The third-order valence-electron chi connectivity index (χ3n) is 5.92. The first-order valence-corrected chi connectivity index (χ1v) is 12.1. The SMILES string of the molecule is CC(C)(C)OC(=O)N1CCN(c2ccncc2NC(=O)c2ccnc(-c3ccc4occc4c3)n2)CC1. The van der Waals surface area contributed by atoms with Gasteiger partial charge in [0.05, 0.1) is 23.8 Å². The molecule has 1 aliphatic heterocycles. The Bertz CT molecular complexity index is 1440. The largest absolute Gasteiger partial charge is 0.464 e. The monoisotopic (exact) mass is 500 g/mol. The van der Waals surface area contributed by atoms with Crippen LogP contribution in [0, 0.1) is 0 Å². The summed E-state index contributed by atoms with van der Waals surface area (Å²) in [5.74, 6) is 0.0788. The molecule has 3 aromatic heterocycles. The lowest BCUT2D eigenvalue weighted by atomic mass is 10.1. The van der Waals surface area contributed by atoms with Crippen LogP contribution in [-0.2, 0) is 4.74 Å². The maximum atomic E-state index is 13.1. The van der Waals surface area contributed by atoms with Gasteiger partial charge in [-0.15, -0.1) is 0 Å². The van der Waals surface area contributed by atoms with Crippen molar-refractivity contribution in [3.63, 3.8) is 0 Å². The highest BCUT2D eigenvalue weighted by Crippen LogP contribution is 2.27. The van der Waals surface area contributed by atoms with Crippen molar-refractivity contribution in [2.75, 3.05) is 36.4 Å². The number of nitrogens with zero attached hydrogens (tertiary/aromatic N) is 5. The molecule has 4 aromatic rings. The molecule has 10 nitrogen and oxygen atoms in total. The smallest absolute Gasteiger partial charge is 0.410 e. The molecule has 37 heavy (non-hydrogen) atoms. The molecule has 1 saturated heterocycles. The summed E-state index contributed by atoms with van der Waals surface area (Å²) in [5, 5.41) is 3.87. The highest BCUT2D eigenvalue weighted by Gasteiger charge is 2.27. The standard InChI is InChI=1S/C27H28N6O4/c1-27(2,3)37-26(35)33-13-11-32(12-14-33)22-7-9-28-17-21(22)31-25(34)20-6-10-29-24(30-20)19-4-5-23-18(16-19)8-15-36-23/h4-10,15-17H,11-14H2,1-3H3,(H,31,34). The lowest BCUT2D eigenvalue weighted by molar-refractivity contribution is 0.0240. The maximum absolute atomic E-state index is 13.1. The van der Waals surface area contributed by atoms with E-state index in [9.17, 15) is 9.59 Å². The van der Waals surface area contributed by atoms with Crippen LogP contribution >= 0.6 is 0 Å². The second-order valence-electron chi connectivity index (χ2n) is 9.74. The van der Waals surface area contributed by atoms with Gasteiger partial charge in [0.1, 0.15) is 16.9 Å². The van der Waals surface area contributed by atoms with E-state index < -0.39 is 5.60 Å². The van der Waals surface area contributed by atoms with Gasteiger partial charge in [0.25, 0.3) is 5.91 Å². The molecule has 1 N–H and O–H groups in total. The highest BCUT2D eigenvalue weighted by molar-refractivity contribution is 6.04. The van der Waals surface area contributed by atoms with Crippen molar-refractivity contribution in [1.29, 1.82) is 0 Å². The van der Waals surface area contributed by atoms with Gasteiger partial charge < -0.3 is 24.3 Å². The van der Waals surface area contributed by atoms with Crippen molar-refractivity contribution in [3.8, 4) is 11.4 Å². The predicted octanol–water partition coefficient (Wildman–Crippen LogP) is 4.59. The van der Waals surface area contributed by atoms with Gasteiger partial charge >= 0.3 is 6.09 Å². The summed E-state index contributed by atoms with van der Waals surface area (Å²) in [6.45, 7) is 7.78. The number of fused-ring (bicyclic) bond motifs is 1. The number of pyridine rings is 1. The first-order chi connectivity index (χ1) is 17.8. The van der Waals surface area contributed by atoms with E-state index in [4.69, 9.17) is 9.15 Å². The van der Waals surface area contributed by atoms with Crippen molar-refractivity contribution < 1.29 is 18.7 Å². The zero-order valence-corrected chi connectivity index (χ0v) is 21.0. The topological polar surface area (TPSA) is 114 Å². The van der Waals surface area contributed by atoms with Crippen LogP contribution in [0.5, 0.6) is 0 Å². The van der Waals surface area contributed by atoms with E-state index in [1.165, 1.54) is 0 Å². The number of piperazine rings is 1. The molecule has 0 aliphatic carbocycles.